The lowest BCUT2D eigenvalue weighted by molar-refractivity contribution is 0.151. The third kappa shape index (κ3) is 8.83. The van der Waals surface area contributed by atoms with Crippen molar-refractivity contribution in [3.63, 3.8) is 0 Å². The summed E-state index contributed by atoms with van der Waals surface area (Å²) in [7, 11) is 0. The molecule has 0 amide bonds. The molecule has 2 nitrogen and oxygen atoms in total. The van der Waals surface area contributed by atoms with Gasteiger partial charge in [-0.3, -0.25) is 0 Å². The number of unbranched alkanes of at least 4 members (excludes halogenated alkanes) is 3. The van der Waals surface area contributed by atoms with Crippen molar-refractivity contribution in [2.45, 2.75) is 85.1 Å². The molecule has 2 atom stereocenters. The molecular weight excluding hydrogens is 256 g/mol. The normalized spacial score (nSPS) is 21.9. The molecule has 0 aliphatic carbocycles. The number of hydrogen-bond donors (Lipinski definition) is 1. The van der Waals surface area contributed by atoms with Crippen LogP contribution in [0.2, 0.25) is 0 Å². The topological polar surface area (TPSA) is 15.3 Å². The SMILES string of the molecule is CCCN1CCCC(C(C)NCCCCCCC(C)C)C1. The lowest BCUT2D eigenvalue weighted by Gasteiger charge is -2.36. The molecule has 0 spiro atoms. The Hall–Kier alpha value is -0.0800. The Balaban J connectivity index is 2.03. The molecule has 1 fully saturated rings. The van der Waals surface area contributed by atoms with Gasteiger partial charge in [-0.15, -0.1) is 0 Å². The van der Waals surface area contributed by atoms with E-state index in [9.17, 15) is 0 Å². The van der Waals surface area contributed by atoms with Crippen LogP contribution in [0.4, 0.5) is 0 Å². The summed E-state index contributed by atoms with van der Waals surface area (Å²) in [6.45, 7) is 14.5. The second-order valence-electron chi connectivity index (χ2n) is 7.54. The van der Waals surface area contributed by atoms with Gasteiger partial charge in [0, 0.05) is 12.6 Å². The van der Waals surface area contributed by atoms with Crippen LogP contribution in [-0.2, 0) is 0 Å². The van der Waals surface area contributed by atoms with Crippen LogP contribution in [0.15, 0.2) is 0 Å². The quantitative estimate of drug-likeness (QED) is 0.556. The summed E-state index contributed by atoms with van der Waals surface area (Å²) in [5.74, 6) is 1.74. The fraction of sp³-hybridized carbons (Fsp3) is 1.00. The van der Waals surface area contributed by atoms with E-state index in [1.54, 1.807) is 0 Å². The van der Waals surface area contributed by atoms with Gasteiger partial charge in [-0.1, -0.05) is 46.5 Å². The van der Waals surface area contributed by atoms with Gasteiger partial charge in [0.1, 0.15) is 0 Å². The molecule has 126 valence electrons. The predicted octanol–water partition coefficient (Wildman–Crippen LogP) is 4.69. The molecule has 0 aromatic rings. The lowest BCUT2D eigenvalue weighted by atomic mass is 9.91. The Labute approximate surface area is 134 Å². The zero-order valence-electron chi connectivity index (χ0n) is 15.2. The first-order valence-electron chi connectivity index (χ1n) is 9.59. The van der Waals surface area contributed by atoms with E-state index in [4.69, 9.17) is 0 Å². The minimum Gasteiger partial charge on any atom is -0.314 e. The first kappa shape index (κ1) is 19.0. The van der Waals surface area contributed by atoms with E-state index in [1.807, 2.05) is 0 Å². The molecule has 2 heteroatoms. The summed E-state index contributed by atoms with van der Waals surface area (Å²) in [5, 5.41) is 3.79. The standard InChI is InChI=1S/C19H40N2/c1-5-14-21-15-10-12-19(16-21)18(4)20-13-9-7-6-8-11-17(2)3/h17-20H,5-16H2,1-4H3. The van der Waals surface area contributed by atoms with Crippen LogP contribution in [0.3, 0.4) is 0 Å². The van der Waals surface area contributed by atoms with Gasteiger partial charge >= 0.3 is 0 Å². The maximum absolute atomic E-state index is 3.79. The van der Waals surface area contributed by atoms with Crippen molar-refractivity contribution in [2.24, 2.45) is 11.8 Å². The van der Waals surface area contributed by atoms with E-state index in [2.05, 4.69) is 37.9 Å². The van der Waals surface area contributed by atoms with Crippen molar-refractivity contribution in [2.75, 3.05) is 26.2 Å². The van der Waals surface area contributed by atoms with E-state index in [0.29, 0.717) is 6.04 Å². The second-order valence-corrected chi connectivity index (χ2v) is 7.54. The minimum atomic E-state index is 0.695. The van der Waals surface area contributed by atoms with Gasteiger partial charge in [0.25, 0.3) is 0 Å². The Bertz CT molecular complexity index is 238. The highest BCUT2D eigenvalue weighted by molar-refractivity contribution is 4.80. The van der Waals surface area contributed by atoms with Crippen molar-refractivity contribution >= 4 is 0 Å². The molecule has 1 rings (SSSR count). The molecule has 1 aliphatic heterocycles. The molecule has 2 unspecified atom stereocenters. The number of nitrogens with zero attached hydrogens (tertiary/aromatic N) is 1. The first-order chi connectivity index (χ1) is 10.1. The number of likely N-dealkylation sites (tertiary alicyclic amines) is 1. The molecule has 0 bridgehead atoms. The Morgan fingerprint density at radius 2 is 1.86 bits per heavy atom. The molecule has 0 aromatic heterocycles. The summed E-state index contributed by atoms with van der Waals surface area (Å²) in [6.07, 6.45) is 11.1. The zero-order valence-corrected chi connectivity index (χ0v) is 15.2. The average molecular weight is 297 g/mol. The maximum Gasteiger partial charge on any atom is 0.00792 e. The van der Waals surface area contributed by atoms with Crippen molar-refractivity contribution in [1.29, 1.82) is 0 Å². The number of rotatable bonds is 11. The first-order valence-corrected chi connectivity index (χ1v) is 9.59. The van der Waals surface area contributed by atoms with E-state index in [-0.39, 0.29) is 0 Å². The average Bonchev–Trinajstić information content (AvgIpc) is 2.46. The number of piperidine rings is 1. The van der Waals surface area contributed by atoms with Crippen molar-refractivity contribution in [3.8, 4) is 0 Å². The molecule has 0 saturated carbocycles. The Kier molecular flexibility index (Phi) is 10.4. The predicted molar refractivity (Wildman–Crippen MR) is 94.8 cm³/mol. The highest BCUT2D eigenvalue weighted by Gasteiger charge is 2.23. The summed E-state index contributed by atoms with van der Waals surface area (Å²) in [6, 6.07) is 0.695. The van der Waals surface area contributed by atoms with Gasteiger partial charge in [0.2, 0.25) is 0 Å². The maximum atomic E-state index is 3.79. The third-order valence-corrected chi connectivity index (χ3v) is 4.96. The summed E-state index contributed by atoms with van der Waals surface area (Å²) in [5.41, 5.74) is 0. The fourth-order valence-electron chi connectivity index (χ4n) is 3.55. The van der Waals surface area contributed by atoms with Crippen molar-refractivity contribution in [3.05, 3.63) is 0 Å². The number of hydrogen-bond acceptors (Lipinski definition) is 2. The van der Waals surface area contributed by atoms with E-state index >= 15 is 0 Å². The summed E-state index contributed by atoms with van der Waals surface area (Å²) >= 11 is 0. The van der Waals surface area contributed by atoms with Crippen molar-refractivity contribution in [1.82, 2.24) is 10.2 Å². The molecule has 1 aliphatic rings. The van der Waals surface area contributed by atoms with Crippen LogP contribution in [0.1, 0.15) is 79.1 Å². The third-order valence-electron chi connectivity index (χ3n) is 4.96. The van der Waals surface area contributed by atoms with E-state index in [1.165, 1.54) is 77.5 Å². The molecule has 1 N–H and O–H groups in total. The molecule has 0 aromatic carbocycles. The Morgan fingerprint density at radius 1 is 1.10 bits per heavy atom. The monoisotopic (exact) mass is 296 g/mol. The van der Waals surface area contributed by atoms with Crippen LogP contribution >= 0.6 is 0 Å². The molecule has 1 heterocycles. The molecule has 0 radical (unpaired) electrons. The summed E-state index contributed by atoms with van der Waals surface area (Å²) < 4.78 is 0. The highest BCUT2D eigenvalue weighted by Crippen LogP contribution is 2.20. The van der Waals surface area contributed by atoms with Crippen LogP contribution in [0.25, 0.3) is 0 Å². The smallest absolute Gasteiger partial charge is 0.00792 e. The largest absolute Gasteiger partial charge is 0.314 e. The van der Waals surface area contributed by atoms with E-state index in [0.717, 1.165) is 11.8 Å². The van der Waals surface area contributed by atoms with E-state index < -0.39 is 0 Å². The molecule has 1 saturated heterocycles. The van der Waals surface area contributed by atoms with Crippen LogP contribution in [-0.4, -0.2) is 37.1 Å². The van der Waals surface area contributed by atoms with Gasteiger partial charge in [-0.2, -0.15) is 0 Å². The molecular formula is C19H40N2. The van der Waals surface area contributed by atoms with Gasteiger partial charge in [0.05, 0.1) is 0 Å². The molecule has 21 heavy (non-hydrogen) atoms. The lowest BCUT2D eigenvalue weighted by Crippen LogP contribution is -2.44. The van der Waals surface area contributed by atoms with Gasteiger partial charge < -0.3 is 10.2 Å². The van der Waals surface area contributed by atoms with Crippen LogP contribution < -0.4 is 5.32 Å². The fourth-order valence-corrected chi connectivity index (χ4v) is 3.55. The van der Waals surface area contributed by atoms with Gasteiger partial charge in [0.15, 0.2) is 0 Å². The zero-order chi connectivity index (χ0) is 15.5. The highest BCUT2D eigenvalue weighted by atomic mass is 15.1. The number of nitrogens with one attached hydrogen (secondary N) is 1. The van der Waals surface area contributed by atoms with Gasteiger partial charge in [-0.05, 0) is 64.1 Å². The van der Waals surface area contributed by atoms with Crippen LogP contribution in [0, 0.1) is 11.8 Å². The second kappa shape index (κ2) is 11.5. The van der Waals surface area contributed by atoms with Gasteiger partial charge in [-0.25, -0.2) is 0 Å². The Morgan fingerprint density at radius 3 is 2.57 bits per heavy atom. The van der Waals surface area contributed by atoms with Crippen molar-refractivity contribution < 1.29 is 0 Å². The van der Waals surface area contributed by atoms with Crippen LogP contribution in [0.5, 0.6) is 0 Å². The summed E-state index contributed by atoms with van der Waals surface area (Å²) in [4.78, 5) is 2.66. The minimum absolute atomic E-state index is 0.695.